The van der Waals surface area contributed by atoms with Crippen LogP contribution in [0.25, 0.3) is 0 Å². The van der Waals surface area contributed by atoms with E-state index in [0.29, 0.717) is 22.8 Å². The number of hydrogen-bond donors (Lipinski definition) is 2. The third-order valence-electron chi connectivity index (χ3n) is 4.47. The molecule has 0 saturated carbocycles. The Labute approximate surface area is 174 Å². The summed E-state index contributed by atoms with van der Waals surface area (Å²) in [5, 5.41) is 6.05. The normalized spacial score (nSPS) is 11.9. The number of anilines is 1. The minimum atomic E-state index is -0.698. The van der Waals surface area contributed by atoms with Gasteiger partial charge in [-0.15, -0.1) is 0 Å². The maximum Gasteiger partial charge on any atom is 0.253 e. The molecule has 150 valence electrons. The molecule has 1 heterocycles. The highest BCUT2D eigenvalue weighted by Crippen LogP contribution is 2.17. The van der Waals surface area contributed by atoms with Crippen LogP contribution >= 0.6 is 11.6 Å². The topological polar surface area (TPSA) is 76.0 Å². The molecule has 0 spiro atoms. The number of amides is 2. The van der Waals surface area contributed by atoms with Gasteiger partial charge >= 0.3 is 0 Å². The van der Waals surface area contributed by atoms with Gasteiger partial charge in [-0.2, -0.15) is 0 Å². The molecule has 7 heteroatoms. The molecule has 0 fully saturated rings. The Balaban J connectivity index is 1.70. The number of halogens is 1. The molecular weight excluding hydrogens is 388 g/mol. The van der Waals surface area contributed by atoms with Crippen LogP contribution in [0.4, 0.5) is 5.69 Å². The van der Waals surface area contributed by atoms with E-state index >= 15 is 0 Å². The van der Waals surface area contributed by atoms with Gasteiger partial charge < -0.3 is 15.2 Å². The SMILES string of the molecule is CC(C)[C@H](NC(=O)c1ccccc1Cl)C(=O)Nc1cccc(Cn2ccnc2)c1. The van der Waals surface area contributed by atoms with Crippen LogP contribution in [0, 0.1) is 5.92 Å². The summed E-state index contributed by atoms with van der Waals surface area (Å²) in [5.74, 6) is -0.755. The van der Waals surface area contributed by atoms with E-state index in [4.69, 9.17) is 11.6 Å². The third-order valence-corrected chi connectivity index (χ3v) is 4.80. The summed E-state index contributed by atoms with van der Waals surface area (Å²) in [6, 6.07) is 13.7. The number of benzene rings is 2. The molecule has 2 amide bonds. The van der Waals surface area contributed by atoms with Crippen molar-refractivity contribution in [2.75, 3.05) is 5.32 Å². The van der Waals surface area contributed by atoms with Crippen molar-refractivity contribution >= 4 is 29.1 Å². The predicted molar refractivity (Wildman–Crippen MR) is 114 cm³/mol. The van der Waals surface area contributed by atoms with Gasteiger partial charge in [-0.3, -0.25) is 9.59 Å². The van der Waals surface area contributed by atoms with Crippen molar-refractivity contribution in [1.29, 1.82) is 0 Å². The number of rotatable bonds is 7. The number of carbonyl (C=O) groups is 2. The smallest absolute Gasteiger partial charge is 0.253 e. The van der Waals surface area contributed by atoms with Gasteiger partial charge in [0.2, 0.25) is 5.91 Å². The average Bonchev–Trinajstić information content (AvgIpc) is 3.19. The molecule has 0 aliphatic rings. The second-order valence-corrected chi connectivity index (χ2v) is 7.51. The highest BCUT2D eigenvalue weighted by Gasteiger charge is 2.25. The molecule has 0 saturated heterocycles. The van der Waals surface area contributed by atoms with Gasteiger partial charge in [0.1, 0.15) is 6.04 Å². The van der Waals surface area contributed by atoms with E-state index in [0.717, 1.165) is 5.56 Å². The Bertz CT molecular complexity index is 986. The summed E-state index contributed by atoms with van der Waals surface area (Å²) in [4.78, 5) is 29.5. The predicted octanol–water partition coefficient (Wildman–Crippen LogP) is 3.98. The summed E-state index contributed by atoms with van der Waals surface area (Å²) in [6.07, 6.45) is 5.34. The van der Waals surface area contributed by atoms with Crippen LogP contribution in [0.2, 0.25) is 5.02 Å². The fourth-order valence-electron chi connectivity index (χ4n) is 2.96. The summed E-state index contributed by atoms with van der Waals surface area (Å²) in [6.45, 7) is 4.42. The van der Waals surface area contributed by atoms with Gasteiger partial charge in [0, 0.05) is 24.6 Å². The maximum atomic E-state index is 12.9. The summed E-state index contributed by atoms with van der Waals surface area (Å²) < 4.78 is 1.95. The first-order valence-electron chi connectivity index (χ1n) is 9.35. The minimum Gasteiger partial charge on any atom is -0.340 e. The molecule has 0 bridgehead atoms. The van der Waals surface area contributed by atoms with Crippen molar-refractivity contribution in [1.82, 2.24) is 14.9 Å². The van der Waals surface area contributed by atoms with E-state index in [1.807, 2.05) is 48.9 Å². The third kappa shape index (κ3) is 5.45. The van der Waals surface area contributed by atoms with Gasteiger partial charge in [0.05, 0.1) is 16.9 Å². The van der Waals surface area contributed by atoms with Gasteiger partial charge in [0.25, 0.3) is 5.91 Å². The monoisotopic (exact) mass is 410 g/mol. The fourth-order valence-corrected chi connectivity index (χ4v) is 3.18. The van der Waals surface area contributed by atoms with E-state index in [1.54, 1.807) is 36.8 Å². The number of carbonyl (C=O) groups excluding carboxylic acids is 2. The molecule has 2 N–H and O–H groups in total. The second-order valence-electron chi connectivity index (χ2n) is 7.10. The molecule has 6 nitrogen and oxygen atoms in total. The van der Waals surface area contributed by atoms with Gasteiger partial charge in [-0.25, -0.2) is 4.98 Å². The van der Waals surface area contributed by atoms with Gasteiger partial charge in [-0.1, -0.05) is 49.7 Å². The zero-order valence-electron chi connectivity index (χ0n) is 16.3. The van der Waals surface area contributed by atoms with Crippen molar-refractivity contribution in [2.45, 2.75) is 26.4 Å². The van der Waals surface area contributed by atoms with Crippen molar-refractivity contribution in [3.8, 4) is 0 Å². The van der Waals surface area contributed by atoms with E-state index in [9.17, 15) is 9.59 Å². The van der Waals surface area contributed by atoms with Crippen LogP contribution in [0.3, 0.4) is 0 Å². The van der Waals surface area contributed by atoms with Crippen molar-refractivity contribution in [3.05, 3.63) is 83.4 Å². The molecule has 1 atom stereocenters. The molecule has 1 aromatic heterocycles. The first kappa shape index (κ1) is 20.6. The molecule has 0 radical (unpaired) electrons. The highest BCUT2D eigenvalue weighted by molar-refractivity contribution is 6.33. The number of hydrogen-bond acceptors (Lipinski definition) is 3. The molecule has 2 aromatic carbocycles. The van der Waals surface area contributed by atoms with Crippen molar-refractivity contribution < 1.29 is 9.59 Å². The number of nitrogens with zero attached hydrogens (tertiary/aromatic N) is 2. The second kappa shape index (κ2) is 9.39. The van der Waals surface area contributed by atoms with Crippen LogP contribution < -0.4 is 10.6 Å². The largest absolute Gasteiger partial charge is 0.340 e. The van der Waals surface area contributed by atoms with Crippen LogP contribution in [-0.2, 0) is 11.3 Å². The van der Waals surface area contributed by atoms with E-state index in [-0.39, 0.29) is 17.7 Å². The van der Waals surface area contributed by atoms with E-state index in [1.165, 1.54) is 0 Å². The zero-order chi connectivity index (χ0) is 20.8. The Morgan fingerprint density at radius 3 is 2.62 bits per heavy atom. The molecule has 0 aliphatic heterocycles. The summed E-state index contributed by atoms with van der Waals surface area (Å²) in [5.41, 5.74) is 2.04. The lowest BCUT2D eigenvalue weighted by molar-refractivity contribution is -0.118. The number of imidazole rings is 1. The fraction of sp³-hybridized carbons (Fsp3) is 0.227. The van der Waals surface area contributed by atoms with Crippen molar-refractivity contribution in [3.63, 3.8) is 0 Å². The summed E-state index contributed by atoms with van der Waals surface area (Å²) >= 11 is 6.10. The Hall–Kier alpha value is -3.12. The quantitative estimate of drug-likeness (QED) is 0.618. The summed E-state index contributed by atoms with van der Waals surface area (Å²) in [7, 11) is 0. The van der Waals surface area contributed by atoms with Crippen LogP contribution in [0.1, 0.15) is 29.8 Å². The van der Waals surface area contributed by atoms with Crippen LogP contribution in [0.5, 0.6) is 0 Å². The molecular formula is C22H23ClN4O2. The zero-order valence-corrected chi connectivity index (χ0v) is 17.1. The average molecular weight is 411 g/mol. The van der Waals surface area contributed by atoms with Crippen LogP contribution in [0.15, 0.2) is 67.3 Å². The Kier molecular flexibility index (Phi) is 6.67. The lowest BCUT2D eigenvalue weighted by Crippen LogP contribution is -2.47. The molecule has 3 aromatic rings. The maximum absolute atomic E-state index is 12.9. The lowest BCUT2D eigenvalue weighted by atomic mass is 10.0. The molecule has 0 aliphatic carbocycles. The molecule has 29 heavy (non-hydrogen) atoms. The minimum absolute atomic E-state index is 0.101. The van der Waals surface area contributed by atoms with Gasteiger partial charge in [-0.05, 0) is 35.7 Å². The Morgan fingerprint density at radius 1 is 1.14 bits per heavy atom. The lowest BCUT2D eigenvalue weighted by Gasteiger charge is -2.22. The standard InChI is InChI=1S/C22H23ClN4O2/c1-15(2)20(26-21(28)18-8-3-4-9-19(18)23)22(29)25-17-7-5-6-16(12-17)13-27-11-10-24-14-27/h3-12,14-15,20H,13H2,1-2H3,(H,25,29)(H,26,28)/t20-/m0/s1. The molecule has 0 unspecified atom stereocenters. The van der Waals surface area contributed by atoms with E-state index in [2.05, 4.69) is 15.6 Å². The van der Waals surface area contributed by atoms with E-state index < -0.39 is 6.04 Å². The van der Waals surface area contributed by atoms with Gasteiger partial charge in [0.15, 0.2) is 0 Å². The number of nitrogens with one attached hydrogen (secondary N) is 2. The first-order chi connectivity index (χ1) is 13.9. The van der Waals surface area contributed by atoms with Crippen molar-refractivity contribution in [2.24, 2.45) is 5.92 Å². The highest BCUT2D eigenvalue weighted by atomic mass is 35.5. The van der Waals surface area contributed by atoms with Crippen LogP contribution in [-0.4, -0.2) is 27.4 Å². The Morgan fingerprint density at radius 2 is 1.93 bits per heavy atom. The molecule has 3 rings (SSSR count). The number of aromatic nitrogens is 2. The first-order valence-corrected chi connectivity index (χ1v) is 9.73.